The summed E-state index contributed by atoms with van der Waals surface area (Å²) in [4.78, 5) is 13.0. The number of likely N-dealkylation sites (N-methyl/N-ethyl adjacent to an activating group) is 1. The molecule has 0 radical (unpaired) electrons. The Hall–Kier alpha value is -1.24. The lowest BCUT2D eigenvalue weighted by Crippen LogP contribution is -2.46. The summed E-state index contributed by atoms with van der Waals surface area (Å²) in [5, 5.41) is 11.7. The largest absolute Gasteiger partial charge is 0.454 e. The van der Waals surface area contributed by atoms with Crippen LogP contribution in [0, 0.1) is 5.92 Å². The average Bonchev–Trinajstić information content (AvgIpc) is 3.08. The molecule has 1 heterocycles. The maximum absolute atomic E-state index is 13.8. The quantitative estimate of drug-likeness (QED) is 0.635. The summed E-state index contributed by atoms with van der Waals surface area (Å²) in [7, 11) is 4.08. The highest BCUT2D eigenvalue weighted by Crippen LogP contribution is 2.48. The highest BCUT2D eigenvalue weighted by Gasteiger charge is 2.55. The fourth-order valence-corrected chi connectivity index (χ4v) is 4.22. The topological polar surface area (TPSA) is 46.5 Å². The second-order valence-corrected chi connectivity index (χ2v) is 8.66. The number of aliphatic hydroxyl groups is 1. The molecule has 144 valence electrons. The van der Waals surface area contributed by atoms with E-state index in [-0.39, 0.29) is 24.5 Å². The summed E-state index contributed by atoms with van der Waals surface area (Å²) in [5.74, 6) is -4.61. The van der Waals surface area contributed by atoms with Crippen LogP contribution in [-0.4, -0.2) is 54.8 Å². The van der Waals surface area contributed by atoms with Gasteiger partial charge < -0.3 is 14.3 Å². The first-order valence-corrected chi connectivity index (χ1v) is 9.29. The Labute approximate surface area is 157 Å². The molecule has 1 aromatic rings. The van der Waals surface area contributed by atoms with Crippen molar-refractivity contribution in [3.05, 3.63) is 34.9 Å². The third kappa shape index (κ3) is 3.87. The Morgan fingerprint density at radius 2 is 1.96 bits per heavy atom. The molecule has 1 aliphatic carbocycles. The molecular weight excluding hydrogens is 364 g/mol. The van der Waals surface area contributed by atoms with Gasteiger partial charge in [-0.05, 0) is 24.1 Å². The van der Waals surface area contributed by atoms with Crippen LogP contribution in [0.15, 0.2) is 24.3 Å². The zero-order valence-electron chi connectivity index (χ0n) is 15.1. The van der Waals surface area contributed by atoms with Crippen LogP contribution in [0.4, 0.5) is 8.78 Å². The second kappa shape index (κ2) is 6.73. The molecule has 3 atom stereocenters. The minimum absolute atomic E-state index is 0.0629. The van der Waals surface area contributed by atoms with Gasteiger partial charge in [-0.25, -0.2) is 13.6 Å². The van der Waals surface area contributed by atoms with Gasteiger partial charge in [-0.1, -0.05) is 23.7 Å². The first kappa shape index (κ1) is 19.5. The minimum Gasteiger partial charge on any atom is -0.454 e. The molecule has 0 spiro atoms. The van der Waals surface area contributed by atoms with E-state index < -0.39 is 29.8 Å². The van der Waals surface area contributed by atoms with E-state index in [2.05, 4.69) is 0 Å². The molecule has 1 aliphatic heterocycles. The number of hydrogen-bond acceptors (Lipinski definition) is 3. The molecule has 1 saturated heterocycles. The Bertz CT molecular complexity index is 680. The fourth-order valence-electron chi connectivity index (χ4n) is 4.10. The predicted molar refractivity (Wildman–Crippen MR) is 94.0 cm³/mol. The van der Waals surface area contributed by atoms with E-state index in [4.69, 9.17) is 16.3 Å². The second-order valence-electron chi connectivity index (χ2n) is 8.23. The van der Waals surface area contributed by atoms with Gasteiger partial charge in [0.2, 0.25) is 5.92 Å². The standard InChI is InChI=1S/C19H25ClF2NO3/c1-23(2)10-8-16(12-23)26-17(24)19(25,13-3-5-15(20)6-4-13)14-7-9-18(21,22)11-14/h3-6,14,16,25H,7-12H2,1-2H3/q+1/t14-,16-,19+/m1/s1. The zero-order chi connectivity index (χ0) is 19.2. The van der Waals surface area contributed by atoms with Crippen molar-refractivity contribution < 1.29 is 27.9 Å². The number of halogens is 3. The van der Waals surface area contributed by atoms with E-state index in [1.54, 1.807) is 0 Å². The van der Waals surface area contributed by atoms with Crippen LogP contribution in [0.1, 0.15) is 31.2 Å². The van der Waals surface area contributed by atoms with Crippen molar-refractivity contribution in [1.82, 2.24) is 0 Å². The summed E-state index contributed by atoms with van der Waals surface area (Å²) < 4.78 is 33.9. The van der Waals surface area contributed by atoms with Crippen LogP contribution < -0.4 is 0 Å². The molecule has 1 aromatic carbocycles. The molecule has 26 heavy (non-hydrogen) atoms. The average molecular weight is 389 g/mol. The van der Waals surface area contributed by atoms with Crippen molar-refractivity contribution in [1.29, 1.82) is 0 Å². The number of alkyl halides is 2. The number of likely N-dealkylation sites (tertiary alicyclic amines) is 1. The van der Waals surface area contributed by atoms with Crippen LogP contribution in [0.5, 0.6) is 0 Å². The molecule has 0 unspecified atom stereocenters. The monoisotopic (exact) mass is 388 g/mol. The summed E-state index contributed by atoms with van der Waals surface area (Å²) >= 11 is 5.90. The summed E-state index contributed by atoms with van der Waals surface area (Å²) in [6.45, 7) is 1.50. The van der Waals surface area contributed by atoms with Gasteiger partial charge in [0.1, 0.15) is 6.54 Å². The molecule has 0 aromatic heterocycles. The first-order chi connectivity index (χ1) is 12.0. The molecule has 1 saturated carbocycles. The van der Waals surface area contributed by atoms with E-state index in [1.165, 1.54) is 24.3 Å². The highest BCUT2D eigenvalue weighted by molar-refractivity contribution is 6.30. The van der Waals surface area contributed by atoms with Gasteiger partial charge in [0.05, 0.1) is 20.6 Å². The van der Waals surface area contributed by atoms with Crippen LogP contribution in [-0.2, 0) is 15.1 Å². The number of esters is 1. The van der Waals surface area contributed by atoms with E-state index in [1.807, 2.05) is 14.1 Å². The molecule has 0 bridgehead atoms. The van der Waals surface area contributed by atoms with Gasteiger partial charge in [0, 0.05) is 30.2 Å². The third-order valence-corrected chi connectivity index (χ3v) is 5.87. The number of hydrogen-bond donors (Lipinski definition) is 1. The van der Waals surface area contributed by atoms with Gasteiger partial charge in [-0.3, -0.25) is 0 Å². The summed E-state index contributed by atoms with van der Waals surface area (Å²) in [6.07, 6.45) is -0.441. The Balaban J connectivity index is 1.87. The normalized spacial score (nSPS) is 29.3. The van der Waals surface area contributed by atoms with E-state index >= 15 is 0 Å². The van der Waals surface area contributed by atoms with Crippen molar-refractivity contribution in [3.8, 4) is 0 Å². The lowest BCUT2D eigenvalue weighted by Gasteiger charge is -2.33. The Morgan fingerprint density at radius 1 is 1.31 bits per heavy atom. The van der Waals surface area contributed by atoms with Crippen molar-refractivity contribution in [2.75, 3.05) is 27.2 Å². The molecule has 3 rings (SSSR count). The summed E-state index contributed by atoms with van der Waals surface area (Å²) in [5.41, 5.74) is -1.84. The fraction of sp³-hybridized carbons (Fsp3) is 0.632. The van der Waals surface area contributed by atoms with E-state index in [0.29, 0.717) is 18.0 Å². The van der Waals surface area contributed by atoms with Crippen molar-refractivity contribution in [2.45, 2.75) is 43.3 Å². The molecular formula is C19H25ClF2NO3+. The first-order valence-electron chi connectivity index (χ1n) is 8.91. The van der Waals surface area contributed by atoms with Gasteiger partial charge in [-0.15, -0.1) is 0 Å². The smallest absolute Gasteiger partial charge is 0.343 e. The van der Waals surface area contributed by atoms with E-state index in [0.717, 1.165) is 11.0 Å². The molecule has 4 nitrogen and oxygen atoms in total. The molecule has 2 aliphatic rings. The number of ether oxygens (including phenoxy) is 1. The number of carbonyl (C=O) groups is 1. The molecule has 1 N–H and O–H groups in total. The van der Waals surface area contributed by atoms with E-state index in [9.17, 15) is 18.7 Å². The zero-order valence-corrected chi connectivity index (χ0v) is 15.8. The van der Waals surface area contributed by atoms with Crippen molar-refractivity contribution in [2.24, 2.45) is 5.92 Å². The Kier molecular flexibility index (Phi) is 5.05. The lowest BCUT2D eigenvalue weighted by atomic mass is 9.80. The number of carbonyl (C=O) groups excluding carboxylic acids is 1. The van der Waals surface area contributed by atoms with Gasteiger partial charge >= 0.3 is 5.97 Å². The van der Waals surface area contributed by atoms with Crippen LogP contribution in [0.2, 0.25) is 5.02 Å². The lowest BCUT2D eigenvalue weighted by molar-refractivity contribution is -0.879. The van der Waals surface area contributed by atoms with Gasteiger partial charge in [-0.2, -0.15) is 0 Å². The molecule has 2 fully saturated rings. The molecule has 7 heteroatoms. The highest BCUT2D eigenvalue weighted by atomic mass is 35.5. The van der Waals surface area contributed by atoms with Crippen molar-refractivity contribution in [3.63, 3.8) is 0 Å². The number of benzene rings is 1. The van der Waals surface area contributed by atoms with Crippen molar-refractivity contribution >= 4 is 17.6 Å². The number of nitrogens with zero attached hydrogens (tertiary/aromatic N) is 1. The SMILES string of the molecule is C[N+]1(C)CC[C@@H](OC(=O)[C@](O)(c2ccc(Cl)cc2)[C@@H]2CCC(F)(F)C2)C1. The molecule has 0 amide bonds. The van der Waals surface area contributed by atoms with Gasteiger partial charge in [0.15, 0.2) is 11.7 Å². The maximum Gasteiger partial charge on any atom is 0.343 e. The van der Waals surface area contributed by atoms with Crippen LogP contribution in [0.3, 0.4) is 0 Å². The minimum atomic E-state index is -2.88. The predicted octanol–water partition coefficient (Wildman–Crippen LogP) is 3.35. The van der Waals surface area contributed by atoms with Crippen LogP contribution in [0.25, 0.3) is 0 Å². The van der Waals surface area contributed by atoms with Gasteiger partial charge in [0.25, 0.3) is 0 Å². The summed E-state index contributed by atoms with van der Waals surface area (Å²) in [6, 6.07) is 6.10. The van der Waals surface area contributed by atoms with Crippen LogP contribution >= 0.6 is 11.6 Å². The third-order valence-electron chi connectivity index (χ3n) is 5.62. The maximum atomic E-state index is 13.8. The Morgan fingerprint density at radius 3 is 2.46 bits per heavy atom. The number of quaternary nitrogens is 1. The number of rotatable bonds is 4.